The summed E-state index contributed by atoms with van der Waals surface area (Å²) in [7, 11) is 1.64. The zero-order chi connectivity index (χ0) is 13.8. The van der Waals surface area contributed by atoms with Crippen molar-refractivity contribution < 1.29 is 4.74 Å². The van der Waals surface area contributed by atoms with Gasteiger partial charge in [-0.1, -0.05) is 6.92 Å². The van der Waals surface area contributed by atoms with Crippen LogP contribution in [0.4, 0.5) is 0 Å². The minimum atomic E-state index is -0.111. The maximum absolute atomic E-state index is 9.06. The molecule has 0 aliphatic rings. The second-order valence-corrected chi connectivity index (χ2v) is 5.75. The molecule has 2 aromatic rings. The van der Waals surface area contributed by atoms with E-state index in [4.69, 9.17) is 10.00 Å². The highest BCUT2D eigenvalue weighted by atomic mass is 79.9. The van der Waals surface area contributed by atoms with Gasteiger partial charge in [0.25, 0.3) is 0 Å². The lowest BCUT2D eigenvalue weighted by molar-refractivity contribution is 0.412. The first kappa shape index (κ1) is 14.0. The van der Waals surface area contributed by atoms with Crippen molar-refractivity contribution in [2.75, 3.05) is 7.11 Å². The lowest BCUT2D eigenvalue weighted by Crippen LogP contribution is -1.92. The van der Waals surface area contributed by atoms with E-state index in [2.05, 4.69) is 27.0 Å². The SMILES string of the molecule is CCC(C#N)c1nc(-c2ccc(OC)c(Br)c2)cs1. The molecular formula is C14H13BrN2OS. The number of nitrogens with zero attached hydrogens (tertiary/aromatic N) is 2. The predicted octanol–water partition coefficient (Wildman–Crippen LogP) is 4.60. The third kappa shape index (κ3) is 2.96. The molecule has 3 nitrogen and oxygen atoms in total. The summed E-state index contributed by atoms with van der Waals surface area (Å²) in [5.41, 5.74) is 1.92. The third-order valence-electron chi connectivity index (χ3n) is 2.83. The zero-order valence-corrected chi connectivity index (χ0v) is 13.1. The minimum absolute atomic E-state index is 0.111. The molecule has 98 valence electrons. The van der Waals surface area contributed by atoms with Gasteiger partial charge < -0.3 is 4.74 Å². The molecule has 0 bridgehead atoms. The maximum Gasteiger partial charge on any atom is 0.133 e. The number of aromatic nitrogens is 1. The lowest BCUT2D eigenvalue weighted by atomic mass is 10.1. The molecule has 5 heteroatoms. The van der Waals surface area contributed by atoms with Crippen molar-refractivity contribution in [2.24, 2.45) is 0 Å². The number of halogens is 1. The first-order valence-electron chi connectivity index (χ1n) is 5.88. The quantitative estimate of drug-likeness (QED) is 0.819. The minimum Gasteiger partial charge on any atom is -0.496 e. The van der Waals surface area contributed by atoms with Crippen LogP contribution in [0.15, 0.2) is 28.1 Å². The van der Waals surface area contributed by atoms with Gasteiger partial charge in [0.2, 0.25) is 0 Å². The van der Waals surface area contributed by atoms with E-state index in [9.17, 15) is 0 Å². The molecule has 1 heterocycles. The molecule has 1 aromatic heterocycles. The van der Waals surface area contributed by atoms with Crippen LogP contribution in [0.3, 0.4) is 0 Å². The van der Waals surface area contributed by atoms with Crippen molar-refractivity contribution in [1.29, 1.82) is 5.26 Å². The smallest absolute Gasteiger partial charge is 0.133 e. The molecule has 0 aliphatic carbocycles. The van der Waals surface area contributed by atoms with Crippen molar-refractivity contribution in [3.63, 3.8) is 0 Å². The molecule has 0 saturated heterocycles. The van der Waals surface area contributed by atoms with Gasteiger partial charge in [0.1, 0.15) is 10.8 Å². The highest BCUT2D eigenvalue weighted by Gasteiger charge is 2.14. The van der Waals surface area contributed by atoms with E-state index in [1.165, 1.54) is 11.3 Å². The molecule has 2 rings (SSSR count). The van der Waals surface area contributed by atoms with E-state index in [0.717, 1.165) is 32.9 Å². The number of benzene rings is 1. The van der Waals surface area contributed by atoms with Crippen LogP contribution in [0.25, 0.3) is 11.3 Å². The van der Waals surface area contributed by atoms with Gasteiger partial charge in [-0.2, -0.15) is 5.26 Å². The molecule has 0 amide bonds. The summed E-state index contributed by atoms with van der Waals surface area (Å²) in [6.45, 7) is 2.00. The Labute approximate surface area is 125 Å². The summed E-state index contributed by atoms with van der Waals surface area (Å²) < 4.78 is 6.10. The highest BCUT2D eigenvalue weighted by Crippen LogP contribution is 2.32. The van der Waals surface area contributed by atoms with Crippen LogP contribution < -0.4 is 4.74 Å². The average molecular weight is 337 g/mol. The Balaban J connectivity index is 2.33. The fraction of sp³-hybridized carbons (Fsp3) is 0.286. The molecule has 0 fully saturated rings. The number of hydrogen-bond acceptors (Lipinski definition) is 4. The standard InChI is InChI=1S/C14H13BrN2OS/c1-3-9(7-16)14-17-12(8-19-14)10-4-5-13(18-2)11(15)6-10/h4-6,8-9H,3H2,1-2H3. The Kier molecular flexibility index (Phi) is 4.56. The molecule has 1 atom stereocenters. The Morgan fingerprint density at radius 2 is 2.32 bits per heavy atom. The number of nitriles is 1. The summed E-state index contributed by atoms with van der Waals surface area (Å²) in [5.74, 6) is 0.683. The van der Waals surface area contributed by atoms with Crippen LogP contribution in [0.1, 0.15) is 24.3 Å². The average Bonchev–Trinajstić information content (AvgIpc) is 2.90. The second-order valence-electron chi connectivity index (χ2n) is 4.01. The summed E-state index contributed by atoms with van der Waals surface area (Å²) in [4.78, 5) is 4.55. The first-order valence-corrected chi connectivity index (χ1v) is 7.55. The molecule has 0 aliphatic heterocycles. The molecule has 19 heavy (non-hydrogen) atoms. The Morgan fingerprint density at radius 1 is 1.53 bits per heavy atom. The van der Waals surface area contributed by atoms with Gasteiger partial charge in [0.15, 0.2) is 0 Å². The van der Waals surface area contributed by atoms with Gasteiger partial charge in [-0.05, 0) is 40.5 Å². The molecular weight excluding hydrogens is 324 g/mol. The topological polar surface area (TPSA) is 45.9 Å². The molecule has 0 saturated carbocycles. The molecule has 0 spiro atoms. The molecule has 0 N–H and O–H groups in total. The van der Waals surface area contributed by atoms with E-state index in [0.29, 0.717) is 0 Å². The van der Waals surface area contributed by atoms with E-state index < -0.39 is 0 Å². The largest absolute Gasteiger partial charge is 0.496 e. The van der Waals surface area contributed by atoms with Gasteiger partial charge in [-0.15, -0.1) is 11.3 Å². The van der Waals surface area contributed by atoms with Gasteiger partial charge in [0, 0.05) is 10.9 Å². The Hall–Kier alpha value is -1.38. The number of hydrogen-bond donors (Lipinski definition) is 0. The van der Waals surface area contributed by atoms with Crippen molar-refractivity contribution in [1.82, 2.24) is 4.98 Å². The van der Waals surface area contributed by atoms with Crippen molar-refractivity contribution in [3.05, 3.63) is 33.1 Å². The van der Waals surface area contributed by atoms with E-state index in [1.54, 1.807) is 7.11 Å². The molecule has 1 aromatic carbocycles. The van der Waals surface area contributed by atoms with Crippen molar-refractivity contribution in [2.45, 2.75) is 19.3 Å². The number of thiazole rings is 1. The van der Waals surface area contributed by atoms with Gasteiger partial charge >= 0.3 is 0 Å². The van der Waals surface area contributed by atoms with Crippen LogP contribution in [0, 0.1) is 11.3 Å². The van der Waals surface area contributed by atoms with E-state index >= 15 is 0 Å². The monoisotopic (exact) mass is 336 g/mol. The number of rotatable bonds is 4. The van der Waals surface area contributed by atoms with Crippen molar-refractivity contribution >= 4 is 27.3 Å². The fourth-order valence-electron chi connectivity index (χ4n) is 1.73. The van der Waals surface area contributed by atoms with Gasteiger partial charge in [-0.3, -0.25) is 0 Å². The summed E-state index contributed by atoms with van der Waals surface area (Å²) in [6, 6.07) is 8.13. The maximum atomic E-state index is 9.06. The normalized spacial score (nSPS) is 11.9. The second kappa shape index (κ2) is 6.18. The van der Waals surface area contributed by atoms with Crippen LogP contribution in [0.2, 0.25) is 0 Å². The van der Waals surface area contributed by atoms with Crippen LogP contribution in [-0.2, 0) is 0 Å². The molecule has 0 radical (unpaired) electrons. The van der Waals surface area contributed by atoms with Crippen LogP contribution in [-0.4, -0.2) is 12.1 Å². The van der Waals surface area contributed by atoms with Crippen LogP contribution >= 0.6 is 27.3 Å². The van der Waals surface area contributed by atoms with Gasteiger partial charge in [0.05, 0.1) is 29.3 Å². The predicted molar refractivity (Wildman–Crippen MR) is 80.4 cm³/mol. The number of methoxy groups -OCH3 is 1. The van der Waals surface area contributed by atoms with Crippen molar-refractivity contribution in [3.8, 4) is 23.1 Å². The lowest BCUT2D eigenvalue weighted by Gasteiger charge is -2.04. The zero-order valence-electron chi connectivity index (χ0n) is 10.7. The third-order valence-corrected chi connectivity index (χ3v) is 4.41. The first-order chi connectivity index (χ1) is 9.19. The van der Waals surface area contributed by atoms with Gasteiger partial charge in [-0.25, -0.2) is 4.98 Å². The summed E-state index contributed by atoms with van der Waals surface area (Å²) in [6.07, 6.45) is 0.787. The van der Waals surface area contributed by atoms with Crippen LogP contribution in [0.5, 0.6) is 5.75 Å². The fourth-order valence-corrected chi connectivity index (χ4v) is 3.22. The highest BCUT2D eigenvalue weighted by molar-refractivity contribution is 9.10. The Morgan fingerprint density at radius 3 is 2.89 bits per heavy atom. The summed E-state index contributed by atoms with van der Waals surface area (Å²) in [5, 5.41) is 11.9. The Bertz CT molecular complexity index is 618. The van der Waals surface area contributed by atoms with E-state index in [1.807, 2.05) is 30.5 Å². The van der Waals surface area contributed by atoms with E-state index in [-0.39, 0.29) is 5.92 Å². The molecule has 1 unspecified atom stereocenters. The number of ether oxygens (including phenoxy) is 1. The summed E-state index contributed by atoms with van der Waals surface area (Å²) >= 11 is 5.00.